The van der Waals surface area contributed by atoms with Gasteiger partial charge in [-0.1, -0.05) is 34.6 Å². The molecule has 2 aliphatic rings. The largest absolute Gasteiger partial charge is 0.377 e. The fourth-order valence-corrected chi connectivity index (χ4v) is 3.29. The molecule has 2 fully saturated rings. The zero-order chi connectivity index (χ0) is 15.5. The zero-order valence-corrected chi connectivity index (χ0v) is 14.5. The van der Waals surface area contributed by atoms with Crippen LogP contribution in [-0.4, -0.2) is 62.5 Å². The van der Waals surface area contributed by atoms with E-state index in [-0.39, 0.29) is 5.41 Å². The van der Waals surface area contributed by atoms with Gasteiger partial charge in [0.1, 0.15) is 0 Å². The molecule has 124 valence electrons. The van der Waals surface area contributed by atoms with Gasteiger partial charge in [0.15, 0.2) is 0 Å². The number of nitrogens with one attached hydrogen (secondary N) is 1. The molecule has 2 rings (SSSR count). The average Bonchev–Trinajstić information content (AvgIpc) is 2.45. The molecule has 3 atom stereocenters. The number of hydrogen-bond donors (Lipinski definition) is 1. The van der Waals surface area contributed by atoms with E-state index in [9.17, 15) is 0 Å². The molecule has 0 aromatic heterocycles. The Bertz CT molecular complexity index is 320. The number of ether oxygens (including phenoxy) is 2. The van der Waals surface area contributed by atoms with E-state index in [0.29, 0.717) is 24.2 Å². The van der Waals surface area contributed by atoms with Gasteiger partial charge < -0.3 is 14.8 Å². The van der Waals surface area contributed by atoms with Crippen LogP contribution in [0.2, 0.25) is 0 Å². The molecule has 0 amide bonds. The molecule has 1 saturated heterocycles. The molecule has 21 heavy (non-hydrogen) atoms. The molecule has 1 saturated carbocycles. The maximum Gasteiger partial charge on any atom is 0.0826 e. The first-order valence-corrected chi connectivity index (χ1v) is 8.62. The van der Waals surface area contributed by atoms with Gasteiger partial charge in [-0.2, -0.15) is 0 Å². The van der Waals surface area contributed by atoms with E-state index in [1.165, 1.54) is 0 Å². The fraction of sp³-hybridized carbons (Fsp3) is 1.00. The average molecular weight is 298 g/mol. The van der Waals surface area contributed by atoms with Crippen molar-refractivity contribution in [3.8, 4) is 0 Å². The quantitative estimate of drug-likeness (QED) is 0.781. The standard InChI is InChI=1S/C17H34N2O2/c1-6-19-7-8-20-14(11-19)10-18-15-9-16(17(15,4)5)21-12-13(2)3/h13-16,18H,6-12H2,1-5H3. The van der Waals surface area contributed by atoms with E-state index >= 15 is 0 Å². The van der Waals surface area contributed by atoms with Crippen molar-refractivity contribution >= 4 is 0 Å². The van der Waals surface area contributed by atoms with Crippen LogP contribution in [0.1, 0.15) is 41.0 Å². The van der Waals surface area contributed by atoms with Crippen LogP contribution in [0.5, 0.6) is 0 Å². The Morgan fingerprint density at radius 2 is 2.14 bits per heavy atom. The van der Waals surface area contributed by atoms with E-state index < -0.39 is 0 Å². The number of likely N-dealkylation sites (N-methyl/N-ethyl adjacent to an activating group) is 1. The van der Waals surface area contributed by atoms with Crippen LogP contribution in [0.25, 0.3) is 0 Å². The SMILES string of the molecule is CCN1CCOC(CNC2CC(OCC(C)C)C2(C)C)C1. The van der Waals surface area contributed by atoms with E-state index in [2.05, 4.69) is 44.8 Å². The topological polar surface area (TPSA) is 33.7 Å². The van der Waals surface area contributed by atoms with Crippen molar-refractivity contribution in [2.24, 2.45) is 11.3 Å². The Morgan fingerprint density at radius 3 is 2.76 bits per heavy atom. The van der Waals surface area contributed by atoms with Crippen LogP contribution >= 0.6 is 0 Å². The molecule has 0 radical (unpaired) electrons. The first-order valence-electron chi connectivity index (χ1n) is 8.62. The van der Waals surface area contributed by atoms with Crippen molar-refractivity contribution in [2.75, 3.05) is 39.4 Å². The monoisotopic (exact) mass is 298 g/mol. The molecular formula is C17H34N2O2. The molecule has 4 nitrogen and oxygen atoms in total. The highest BCUT2D eigenvalue weighted by molar-refractivity contribution is 5.03. The van der Waals surface area contributed by atoms with Crippen molar-refractivity contribution in [3.05, 3.63) is 0 Å². The molecule has 1 aliphatic carbocycles. The third-order valence-electron chi connectivity index (χ3n) is 5.07. The number of hydrogen-bond acceptors (Lipinski definition) is 4. The number of nitrogens with zero attached hydrogens (tertiary/aromatic N) is 1. The smallest absolute Gasteiger partial charge is 0.0826 e. The van der Waals surface area contributed by atoms with Crippen LogP contribution in [0.15, 0.2) is 0 Å². The first-order chi connectivity index (χ1) is 9.93. The van der Waals surface area contributed by atoms with E-state index in [0.717, 1.165) is 45.8 Å². The normalized spacial score (nSPS) is 33.1. The number of morpholine rings is 1. The lowest BCUT2D eigenvalue weighted by atomic mass is 9.64. The Balaban J connectivity index is 1.70. The summed E-state index contributed by atoms with van der Waals surface area (Å²) in [6.07, 6.45) is 1.87. The molecule has 1 N–H and O–H groups in total. The molecule has 0 spiro atoms. The molecule has 0 aromatic carbocycles. The molecule has 0 aromatic rings. The Labute approximate surface area is 130 Å². The number of rotatable bonds is 7. The second kappa shape index (κ2) is 7.40. The summed E-state index contributed by atoms with van der Waals surface area (Å²) in [7, 11) is 0. The molecule has 1 heterocycles. The summed E-state index contributed by atoms with van der Waals surface area (Å²) in [6, 6.07) is 0.551. The van der Waals surface area contributed by atoms with Gasteiger partial charge >= 0.3 is 0 Å². The van der Waals surface area contributed by atoms with E-state index in [4.69, 9.17) is 9.47 Å². The Hall–Kier alpha value is -0.160. The van der Waals surface area contributed by atoms with Crippen LogP contribution in [0.3, 0.4) is 0 Å². The molecule has 0 bridgehead atoms. The van der Waals surface area contributed by atoms with Gasteiger partial charge in [-0.3, -0.25) is 4.90 Å². The van der Waals surface area contributed by atoms with Crippen LogP contribution in [-0.2, 0) is 9.47 Å². The van der Waals surface area contributed by atoms with Gasteiger partial charge in [0.25, 0.3) is 0 Å². The molecular weight excluding hydrogens is 264 g/mol. The van der Waals surface area contributed by atoms with Gasteiger partial charge in [-0.05, 0) is 18.9 Å². The lowest BCUT2D eigenvalue weighted by Crippen LogP contribution is -2.62. The fourth-order valence-electron chi connectivity index (χ4n) is 3.29. The van der Waals surface area contributed by atoms with Gasteiger partial charge in [0.05, 0.1) is 18.8 Å². The summed E-state index contributed by atoms with van der Waals surface area (Å²) in [6.45, 7) is 17.2. The third kappa shape index (κ3) is 4.41. The van der Waals surface area contributed by atoms with Crippen LogP contribution < -0.4 is 5.32 Å². The summed E-state index contributed by atoms with van der Waals surface area (Å²) in [5, 5.41) is 3.71. The van der Waals surface area contributed by atoms with E-state index in [1.54, 1.807) is 0 Å². The molecule has 1 aliphatic heterocycles. The summed E-state index contributed by atoms with van der Waals surface area (Å²) < 4.78 is 11.9. The lowest BCUT2D eigenvalue weighted by molar-refractivity contribution is -0.127. The van der Waals surface area contributed by atoms with Crippen LogP contribution in [0, 0.1) is 11.3 Å². The predicted molar refractivity (Wildman–Crippen MR) is 86.6 cm³/mol. The zero-order valence-electron chi connectivity index (χ0n) is 14.5. The minimum atomic E-state index is 0.230. The van der Waals surface area contributed by atoms with Gasteiger partial charge in [0.2, 0.25) is 0 Å². The van der Waals surface area contributed by atoms with E-state index in [1.807, 2.05) is 0 Å². The van der Waals surface area contributed by atoms with Crippen molar-refractivity contribution in [2.45, 2.75) is 59.3 Å². The Morgan fingerprint density at radius 1 is 1.38 bits per heavy atom. The minimum absolute atomic E-state index is 0.230. The summed E-state index contributed by atoms with van der Waals surface area (Å²) in [4.78, 5) is 2.47. The van der Waals surface area contributed by atoms with Gasteiger partial charge in [-0.15, -0.1) is 0 Å². The maximum atomic E-state index is 6.03. The van der Waals surface area contributed by atoms with Gasteiger partial charge in [-0.25, -0.2) is 0 Å². The minimum Gasteiger partial charge on any atom is -0.377 e. The van der Waals surface area contributed by atoms with Crippen molar-refractivity contribution in [1.82, 2.24) is 10.2 Å². The molecule has 4 heteroatoms. The summed E-state index contributed by atoms with van der Waals surface area (Å²) >= 11 is 0. The highest BCUT2D eigenvalue weighted by Crippen LogP contribution is 2.42. The predicted octanol–water partition coefficient (Wildman–Crippen LogP) is 2.14. The molecule has 3 unspecified atom stereocenters. The third-order valence-corrected chi connectivity index (χ3v) is 5.07. The highest BCUT2D eigenvalue weighted by Gasteiger charge is 2.48. The Kier molecular flexibility index (Phi) is 6.06. The van der Waals surface area contributed by atoms with Crippen molar-refractivity contribution in [1.29, 1.82) is 0 Å². The first kappa shape index (κ1) is 17.2. The van der Waals surface area contributed by atoms with Crippen LogP contribution in [0.4, 0.5) is 0 Å². The maximum absolute atomic E-state index is 6.03. The summed E-state index contributed by atoms with van der Waals surface area (Å²) in [5.74, 6) is 0.614. The second-order valence-electron chi connectivity index (χ2n) is 7.62. The van der Waals surface area contributed by atoms with Gasteiger partial charge in [0, 0.05) is 37.7 Å². The lowest BCUT2D eigenvalue weighted by Gasteiger charge is -2.52. The summed E-state index contributed by atoms with van der Waals surface area (Å²) in [5.41, 5.74) is 0.230. The van der Waals surface area contributed by atoms with Crippen molar-refractivity contribution < 1.29 is 9.47 Å². The second-order valence-corrected chi connectivity index (χ2v) is 7.62. The van der Waals surface area contributed by atoms with Crippen molar-refractivity contribution in [3.63, 3.8) is 0 Å². The highest BCUT2D eigenvalue weighted by atomic mass is 16.5.